The third-order valence-electron chi connectivity index (χ3n) is 4.25. The van der Waals surface area contributed by atoms with Crippen molar-refractivity contribution >= 4 is 5.97 Å². The standard InChI is InChI=1S/C20H18F6O2/c1-4-28-16(27)6-5-13-18(22)14(9-15(19(13)23)20(24,25)26)17-10(2)7-12(21)8-11(17)3/h7-9H,4-6H2,1-3H3. The average molecular weight is 404 g/mol. The van der Waals surface area contributed by atoms with Crippen LogP contribution < -0.4 is 0 Å². The molecule has 2 aromatic rings. The summed E-state index contributed by atoms with van der Waals surface area (Å²) >= 11 is 0. The Morgan fingerprint density at radius 3 is 2.07 bits per heavy atom. The predicted molar refractivity (Wildman–Crippen MR) is 91.2 cm³/mol. The summed E-state index contributed by atoms with van der Waals surface area (Å²) in [4.78, 5) is 11.5. The van der Waals surface area contributed by atoms with Crippen LogP contribution in [0.4, 0.5) is 26.3 Å². The highest BCUT2D eigenvalue weighted by Crippen LogP contribution is 2.40. The van der Waals surface area contributed by atoms with Crippen molar-refractivity contribution in [1.82, 2.24) is 0 Å². The zero-order valence-electron chi connectivity index (χ0n) is 15.4. The number of benzene rings is 2. The van der Waals surface area contributed by atoms with E-state index >= 15 is 4.39 Å². The zero-order valence-corrected chi connectivity index (χ0v) is 15.4. The molecule has 8 heteroatoms. The number of esters is 1. The Kier molecular flexibility index (Phi) is 6.41. The fourth-order valence-corrected chi connectivity index (χ4v) is 3.10. The van der Waals surface area contributed by atoms with E-state index in [1.807, 2.05) is 0 Å². The quantitative estimate of drug-likeness (QED) is 0.458. The third-order valence-corrected chi connectivity index (χ3v) is 4.25. The van der Waals surface area contributed by atoms with Gasteiger partial charge in [0.25, 0.3) is 0 Å². The third kappa shape index (κ3) is 4.48. The fraction of sp³-hybridized carbons (Fsp3) is 0.350. The molecule has 0 N–H and O–H groups in total. The fourth-order valence-electron chi connectivity index (χ4n) is 3.10. The summed E-state index contributed by atoms with van der Waals surface area (Å²) in [6, 6.07) is 2.49. The number of hydrogen-bond acceptors (Lipinski definition) is 2. The van der Waals surface area contributed by atoms with Gasteiger partial charge in [0.05, 0.1) is 12.2 Å². The van der Waals surface area contributed by atoms with E-state index in [9.17, 15) is 26.7 Å². The Labute approximate surface area is 158 Å². The van der Waals surface area contributed by atoms with E-state index in [4.69, 9.17) is 0 Å². The van der Waals surface area contributed by atoms with Crippen molar-refractivity contribution in [2.75, 3.05) is 6.61 Å². The monoisotopic (exact) mass is 404 g/mol. The number of alkyl halides is 3. The van der Waals surface area contributed by atoms with E-state index in [0.29, 0.717) is 6.07 Å². The minimum Gasteiger partial charge on any atom is -0.466 e. The van der Waals surface area contributed by atoms with E-state index in [1.165, 1.54) is 20.8 Å². The molecule has 0 heterocycles. The Hall–Kier alpha value is -2.51. The summed E-state index contributed by atoms with van der Waals surface area (Å²) in [6.07, 6.45) is -6.16. The maximum Gasteiger partial charge on any atom is 0.419 e. The second-order valence-corrected chi connectivity index (χ2v) is 6.30. The molecule has 0 spiro atoms. The molecule has 0 atom stereocenters. The van der Waals surface area contributed by atoms with Crippen LogP contribution in [0, 0.1) is 31.3 Å². The highest BCUT2D eigenvalue weighted by Gasteiger charge is 2.37. The maximum atomic E-state index is 15.0. The van der Waals surface area contributed by atoms with Gasteiger partial charge in [-0.05, 0) is 62.1 Å². The van der Waals surface area contributed by atoms with Gasteiger partial charge in [-0.1, -0.05) is 0 Å². The second kappa shape index (κ2) is 8.24. The first-order valence-electron chi connectivity index (χ1n) is 8.48. The van der Waals surface area contributed by atoms with Gasteiger partial charge >= 0.3 is 12.1 Å². The van der Waals surface area contributed by atoms with Crippen LogP contribution >= 0.6 is 0 Å². The van der Waals surface area contributed by atoms with Gasteiger partial charge in [0.15, 0.2) is 0 Å². The molecule has 2 aromatic carbocycles. The number of hydrogen-bond donors (Lipinski definition) is 0. The Morgan fingerprint density at radius 2 is 1.57 bits per heavy atom. The van der Waals surface area contributed by atoms with Gasteiger partial charge in [-0.2, -0.15) is 13.2 Å². The van der Waals surface area contributed by atoms with Crippen LogP contribution in [0.2, 0.25) is 0 Å². The van der Waals surface area contributed by atoms with Crippen LogP contribution in [0.25, 0.3) is 11.1 Å². The molecule has 28 heavy (non-hydrogen) atoms. The van der Waals surface area contributed by atoms with Crippen molar-refractivity contribution in [3.05, 3.63) is 57.9 Å². The van der Waals surface area contributed by atoms with Crippen molar-refractivity contribution in [3.63, 3.8) is 0 Å². The molecule has 0 saturated carbocycles. The predicted octanol–water partition coefficient (Wildman–Crippen LogP) is 5.90. The van der Waals surface area contributed by atoms with E-state index in [0.717, 1.165) is 12.1 Å². The lowest BCUT2D eigenvalue weighted by atomic mass is 9.90. The number of carbonyl (C=O) groups excluding carboxylic acids is 1. The molecule has 0 unspecified atom stereocenters. The lowest BCUT2D eigenvalue weighted by Gasteiger charge is -2.18. The van der Waals surface area contributed by atoms with Crippen LogP contribution in [-0.4, -0.2) is 12.6 Å². The van der Waals surface area contributed by atoms with E-state index in [1.54, 1.807) is 0 Å². The molecule has 0 amide bonds. The first-order valence-corrected chi connectivity index (χ1v) is 8.48. The van der Waals surface area contributed by atoms with Gasteiger partial charge in [-0.3, -0.25) is 4.79 Å². The molecule has 2 nitrogen and oxygen atoms in total. The van der Waals surface area contributed by atoms with Crippen LogP contribution in [0.5, 0.6) is 0 Å². The SMILES string of the molecule is CCOC(=O)CCc1c(F)c(-c2c(C)cc(F)cc2C)cc(C(F)(F)F)c1F. The summed E-state index contributed by atoms with van der Waals surface area (Å²) in [5.41, 5.74) is -2.56. The molecular formula is C20H18F6O2. The van der Waals surface area contributed by atoms with Gasteiger partial charge in [-0.25, -0.2) is 13.2 Å². The number of aryl methyl sites for hydroxylation is 2. The molecule has 0 aromatic heterocycles. The number of ether oxygens (including phenoxy) is 1. The first kappa shape index (κ1) is 21.8. The van der Waals surface area contributed by atoms with E-state index in [-0.39, 0.29) is 23.3 Å². The van der Waals surface area contributed by atoms with E-state index < -0.39 is 59.1 Å². The smallest absolute Gasteiger partial charge is 0.419 e. The van der Waals surface area contributed by atoms with Crippen molar-refractivity contribution in [3.8, 4) is 11.1 Å². The molecule has 0 bridgehead atoms. The van der Waals surface area contributed by atoms with Gasteiger partial charge in [-0.15, -0.1) is 0 Å². The molecule has 152 valence electrons. The van der Waals surface area contributed by atoms with Crippen LogP contribution in [0.15, 0.2) is 18.2 Å². The van der Waals surface area contributed by atoms with Crippen molar-refractivity contribution < 1.29 is 35.9 Å². The van der Waals surface area contributed by atoms with Crippen molar-refractivity contribution in [1.29, 1.82) is 0 Å². The normalized spacial score (nSPS) is 11.6. The lowest BCUT2D eigenvalue weighted by Crippen LogP contribution is -2.14. The highest BCUT2D eigenvalue weighted by atomic mass is 19.4. The Balaban J connectivity index is 2.70. The number of carbonyl (C=O) groups is 1. The molecule has 0 aliphatic rings. The summed E-state index contributed by atoms with van der Waals surface area (Å²) in [5, 5.41) is 0. The minimum atomic E-state index is -5.08. The van der Waals surface area contributed by atoms with Crippen molar-refractivity contribution in [2.24, 2.45) is 0 Å². The average Bonchev–Trinajstić information content (AvgIpc) is 2.54. The van der Waals surface area contributed by atoms with Crippen LogP contribution in [-0.2, 0) is 22.1 Å². The minimum absolute atomic E-state index is 0.0333. The highest BCUT2D eigenvalue weighted by molar-refractivity contribution is 5.74. The summed E-state index contributed by atoms with van der Waals surface area (Å²) in [6.45, 7) is 4.40. The van der Waals surface area contributed by atoms with Crippen molar-refractivity contribution in [2.45, 2.75) is 39.8 Å². The first-order chi connectivity index (χ1) is 13.0. The molecule has 0 aliphatic heterocycles. The zero-order chi connectivity index (χ0) is 21.2. The molecule has 0 radical (unpaired) electrons. The number of halogens is 6. The molecule has 0 aliphatic carbocycles. The molecule has 0 saturated heterocycles. The van der Waals surface area contributed by atoms with Gasteiger partial charge in [0.1, 0.15) is 17.5 Å². The van der Waals surface area contributed by atoms with Gasteiger partial charge in [0.2, 0.25) is 0 Å². The van der Waals surface area contributed by atoms with Crippen LogP contribution in [0.3, 0.4) is 0 Å². The lowest BCUT2D eigenvalue weighted by molar-refractivity contribution is -0.143. The summed E-state index contributed by atoms with van der Waals surface area (Å²) in [5.74, 6) is -4.39. The maximum absolute atomic E-state index is 15.0. The molecule has 0 fully saturated rings. The topological polar surface area (TPSA) is 26.3 Å². The Bertz CT molecular complexity index is 880. The number of rotatable bonds is 5. The largest absolute Gasteiger partial charge is 0.466 e. The van der Waals surface area contributed by atoms with Crippen LogP contribution in [0.1, 0.15) is 35.6 Å². The van der Waals surface area contributed by atoms with Gasteiger partial charge < -0.3 is 4.74 Å². The molecule has 2 rings (SSSR count). The summed E-state index contributed by atoms with van der Waals surface area (Å²) in [7, 11) is 0. The van der Waals surface area contributed by atoms with Gasteiger partial charge in [0, 0.05) is 17.5 Å². The van der Waals surface area contributed by atoms with E-state index in [2.05, 4.69) is 4.74 Å². The second-order valence-electron chi connectivity index (χ2n) is 6.30. The molecular weight excluding hydrogens is 386 g/mol. The summed E-state index contributed by atoms with van der Waals surface area (Å²) < 4.78 is 87.7. The Morgan fingerprint density at radius 1 is 1.00 bits per heavy atom.